The van der Waals surface area contributed by atoms with Crippen LogP contribution in [0.15, 0.2) is 60.8 Å². The molecule has 0 aromatic rings. The van der Waals surface area contributed by atoms with Gasteiger partial charge in [0.05, 0.1) is 13.2 Å². The van der Waals surface area contributed by atoms with Crippen molar-refractivity contribution in [1.82, 2.24) is 0 Å². The molecule has 0 rings (SSSR count). The fourth-order valence-electron chi connectivity index (χ4n) is 4.71. The SMILES string of the molecule is CC/C=C\C/C=C\C/C=C\C/C=C\C/C=C\CCCCCCCC(=O)OC(CO)COCCCCCCCCCCCC. The summed E-state index contributed by atoms with van der Waals surface area (Å²) in [7, 11) is 0. The number of carbonyl (C=O) groups excluding carboxylic acids is 1. The molecule has 0 aliphatic heterocycles. The minimum atomic E-state index is -0.543. The lowest BCUT2D eigenvalue weighted by Gasteiger charge is -2.15. The smallest absolute Gasteiger partial charge is 0.306 e. The number of ether oxygens (including phenoxy) is 2. The monoisotopic (exact) mass is 601 g/mol. The Morgan fingerprint density at radius 2 is 1.05 bits per heavy atom. The summed E-state index contributed by atoms with van der Waals surface area (Å²) in [6.07, 6.45) is 46.8. The van der Waals surface area contributed by atoms with Gasteiger partial charge in [0.15, 0.2) is 0 Å². The number of hydrogen-bond donors (Lipinski definition) is 1. The second-order valence-corrected chi connectivity index (χ2v) is 11.6. The minimum absolute atomic E-state index is 0.181. The Hall–Kier alpha value is -1.91. The molecule has 0 aromatic carbocycles. The summed E-state index contributed by atoms with van der Waals surface area (Å²) >= 11 is 0. The highest BCUT2D eigenvalue weighted by molar-refractivity contribution is 5.69. The van der Waals surface area contributed by atoms with Gasteiger partial charge in [0.25, 0.3) is 0 Å². The highest BCUT2D eigenvalue weighted by Crippen LogP contribution is 2.11. The Balaban J connectivity index is 3.54. The maximum absolute atomic E-state index is 12.1. The highest BCUT2D eigenvalue weighted by atomic mass is 16.6. The maximum atomic E-state index is 12.1. The first-order chi connectivity index (χ1) is 21.2. The van der Waals surface area contributed by atoms with Crippen LogP contribution in [0.3, 0.4) is 0 Å². The van der Waals surface area contributed by atoms with E-state index in [4.69, 9.17) is 9.47 Å². The van der Waals surface area contributed by atoms with Gasteiger partial charge in [0.1, 0.15) is 6.10 Å². The lowest BCUT2D eigenvalue weighted by atomic mass is 10.1. The molecule has 0 bridgehead atoms. The van der Waals surface area contributed by atoms with Gasteiger partial charge in [-0.3, -0.25) is 4.79 Å². The minimum Gasteiger partial charge on any atom is -0.457 e. The lowest BCUT2D eigenvalue weighted by molar-refractivity contribution is -0.154. The van der Waals surface area contributed by atoms with Crippen molar-refractivity contribution in [2.75, 3.05) is 19.8 Å². The van der Waals surface area contributed by atoms with Gasteiger partial charge in [-0.1, -0.05) is 152 Å². The number of rotatable bonds is 32. The van der Waals surface area contributed by atoms with E-state index in [2.05, 4.69) is 74.6 Å². The average molecular weight is 601 g/mol. The molecule has 0 spiro atoms. The number of esters is 1. The van der Waals surface area contributed by atoms with Crippen molar-refractivity contribution in [2.24, 2.45) is 0 Å². The van der Waals surface area contributed by atoms with E-state index < -0.39 is 6.10 Å². The van der Waals surface area contributed by atoms with Gasteiger partial charge < -0.3 is 14.6 Å². The first-order valence-corrected chi connectivity index (χ1v) is 17.9. The van der Waals surface area contributed by atoms with Gasteiger partial charge in [-0.05, 0) is 57.8 Å². The van der Waals surface area contributed by atoms with Crippen molar-refractivity contribution in [3.05, 3.63) is 60.8 Å². The first kappa shape index (κ1) is 41.1. The normalized spacial score (nSPS) is 13.1. The Morgan fingerprint density at radius 1 is 0.581 bits per heavy atom. The summed E-state index contributed by atoms with van der Waals surface area (Å²) in [6.45, 7) is 5.19. The molecular formula is C39H68O4. The van der Waals surface area contributed by atoms with Crippen molar-refractivity contribution in [1.29, 1.82) is 0 Å². The van der Waals surface area contributed by atoms with Crippen LogP contribution in [0.2, 0.25) is 0 Å². The zero-order valence-corrected chi connectivity index (χ0v) is 28.2. The molecule has 0 heterocycles. The van der Waals surface area contributed by atoms with Crippen LogP contribution in [-0.2, 0) is 14.3 Å². The average Bonchev–Trinajstić information content (AvgIpc) is 3.01. The van der Waals surface area contributed by atoms with Crippen LogP contribution < -0.4 is 0 Å². The van der Waals surface area contributed by atoms with Gasteiger partial charge in [-0.25, -0.2) is 0 Å². The Labute approximate surface area is 266 Å². The van der Waals surface area contributed by atoms with Crippen molar-refractivity contribution >= 4 is 5.97 Å². The third-order valence-electron chi connectivity index (χ3n) is 7.36. The van der Waals surface area contributed by atoms with E-state index in [1.807, 2.05) is 0 Å². The molecule has 0 fully saturated rings. The highest BCUT2D eigenvalue weighted by Gasteiger charge is 2.13. The van der Waals surface area contributed by atoms with E-state index in [0.29, 0.717) is 13.0 Å². The van der Waals surface area contributed by atoms with Crippen LogP contribution in [0.25, 0.3) is 0 Å². The van der Waals surface area contributed by atoms with Crippen molar-refractivity contribution in [3.8, 4) is 0 Å². The molecular weight excluding hydrogens is 532 g/mol. The Morgan fingerprint density at radius 3 is 1.58 bits per heavy atom. The summed E-state index contributed by atoms with van der Waals surface area (Å²) in [6, 6.07) is 0. The van der Waals surface area contributed by atoms with E-state index in [1.54, 1.807) is 0 Å². The number of aliphatic hydroxyl groups is 1. The molecule has 0 aromatic heterocycles. The number of allylic oxidation sites excluding steroid dienone is 10. The lowest BCUT2D eigenvalue weighted by Crippen LogP contribution is -2.27. The predicted molar refractivity (Wildman–Crippen MR) is 186 cm³/mol. The maximum Gasteiger partial charge on any atom is 0.306 e. The van der Waals surface area contributed by atoms with Crippen molar-refractivity contribution < 1.29 is 19.4 Å². The summed E-state index contributed by atoms with van der Waals surface area (Å²) in [4.78, 5) is 12.1. The summed E-state index contributed by atoms with van der Waals surface area (Å²) in [5.74, 6) is -0.222. The van der Waals surface area contributed by atoms with Gasteiger partial charge >= 0.3 is 5.97 Å². The number of hydrogen-bond acceptors (Lipinski definition) is 4. The van der Waals surface area contributed by atoms with Crippen LogP contribution in [0.5, 0.6) is 0 Å². The van der Waals surface area contributed by atoms with Gasteiger partial charge in [-0.2, -0.15) is 0 Å². The molecule has 4 nitrogen and oxygen atoms in total. The first-order valence-electron chi connectivity index (χ1n) is 17.9. The standard InChI is InChI=1S/C39H68O4/c1-3-5-7-9-11-13-15-16-17-18-19-20-21-22-23-24-25-26-28-30-32-34-39(41)43-38(36-40)37-42-35-33-31-29-27-14-12-10-8-6-4-2/h5,7,11,13,16-17,19-20,22-23,38,40H,3-4,6,8-10,12,14-15,18,21,24-37H2,1-2H3/b7-5-,13-11-,17-16-,20-19-,23-22-. The van der Waals surface area contributed by atoms with E-state index in [0.717, 1.165) is 64.2 Å². The molecule has 0 radical (unpaired) electrons. The van der Waals surface area contributed by atoms with Gasteiger partial charge in [0, 0.05) is 13.0 Å². The number of unbranched alkanes of at least 4 members (excludes halogenated alkanes) is 14. The zero-order chi connectivity index (χ0) is 31.3. The molecule has 1 N–H and O–H groups in total. The van der Waals surface area contributed by atoms with Crippen LogP contribution in [0, 0.1) is 0 Å². The Kier molecular flexibility index (Phi) is 34.7. The van der Waals surface area contributed by atoms with E-state index in [-0.39, 0.29) is 19.2 Å². The molecule has 0 aliphatic carbocycles. The molecule has 0 saturated carbocycles. The van der Waals surface area contributed by atoms with Crippen LogP contribution in [-0.4, -0.2) is 37.0 Å². The summed E-state index contributed by atoms with van der Waals surface area (Å²) < 4.78 is 11.1. The molecule has 4 heteroatoms. The second-order valence-electron chi connectivity index (χ2n) is 11.6. The Bertz CT molecular complexity index is 719. The molecule has 0 amide bonds. The fourth-order valence-corrected chi connectivity index (χ4v) is 4.71. The van der Waals surface area contributed by atoms with Crippen molar-refractivity contribution in [2.45, 2.75) is 161 Å². The van der Waals surface area contributed by atoms with Crippen LogP contribution >= 0.6 is 0 Å². The summed E-state index contributed by atoms with van der Waals surface area (Å²) in [5.41, 5.74) is 0. The zero-order valence-electron chi connectivity index (χ0n) is 28.2. The quantitative estimate of drug-likeness (QED) is 0.0474. The van der Waals surface area contributed by atoms with Crippen molar-refractivity contribution in [3.63, 3.8) is 0 Å². The number of aliphatic hydroxyl groups excluding tert-OH is 1. The molecule has 0 aliphatic rings. The van der Waals surface area contributed by atoms with E-state index in [9.17, 15) is 9.90 Å². The van der Waals surface area contributed by atoms with E-state index in [1.165, 1.54) is 70.6 Å². The third-order valence-corrected chi connectivity index (χ3v) is 7.36. The molecule has 0 saturated heterocycles. The van der Waals surface area contributed by atoms with Crippen LogP contribution in [0.4, 0.5) is 0 Å². The predicted octanol–water partition coefficient (Wildman–Crippen LogP) is 11.3. The summed E-state index contributed by atoms with van der Waals surface area (Å²) in [5, 5.41) is 9.53. The fraction of sp³-hybridized carbons (Fsp3) is 0.718. The number of carbonyl (C=O) groups is 1. The third kappa shape index (κ3) is 34.4. The molecule has 43 heavy (non-hydrogen) atoms. The molecule has 248 valence electrons. The van der Waals surface area contributed by atoms with Gasteiger partial charge in [0.2, 0.25) is 0 Å². The second kappa shape index (κ2) is 36.3. The molecule has 1 unspecified atom stereocenters. The largest absolute Gasteiger partial charge is 0.457 e. The van der Waals surface area contributed by atoms with Crippen LogP contribution in [0.1, 0.15) is 155 Å². The van der Waals surface area contributed by atoms with E-state index >= 15 is 0 Å². The molecule has 1 atom stereocenters. The van der Waals surface area contributed by atoms with Gasteiger partial charge in [-0.15, -0.1) is 0 Å². The topological polar surface area (TPSA) is 55.8 Å².